The zero-order valence-corrected chi connectivity index (χ0v) is 19.4. The van der Waals surface area contributed by atoms with E-state index < -0.39 is 17.7 Å². The topological polar surface area (TPSA) is 89.2 Å². The number of aliphatic hydroxyl groups is 1. The maximum atomic E-state index is 13.2. The molecule has 34 heavy (non-hydrogen) atoms. The second-order valence-corrected chi connectivity index (χ2v) is 8.11. The first-order chi connectivity index (χ1) is 16.4. The van der Waals surface area contributed by atoms with Crippen molar-refractivity contribution in [2.24, 2.45) is 0 Å². The Morgan fingerprint density at radius 3 is 2.62 bits per heavy atom. The van der Waals surface area contributed by atoms with E-state index in [0.717, 1.165) is 12.0 Å². The monoisotopic (exact) mass is 461 g/mol. The number of hydrogen-bond donors (Lipinski definition) is 1. The fourth-order valence-electron chi connectivity index (χ4n) is 4.10. The van der Waals surface area contributed by atoms with Crippen LogP contribution < -0.4 is 9.47 Å². The fourth-order valence-corrected chi connectivity index (χ4v) is 4.10. The van der Waals surface area contributed by atoms with Gasteiger partial charge in [-0.2, -0.15) is 0 Å². The minimum atomic E-state index is -0.809. The molecule has 1 fully saturated rings. The normalized spacial score (nSPS) is 17.3. The van der Waals surface area contributed by atoms with Crippen LogP contribution in [-0.4, -0.2) is 35.4 Å². The number of rotatable bonds is 8. The van der Waals surface area contributed by atoms with Crippen LogP contribution in [0.25, 0.3) is 5.76 Å². The van der Waals surface area contributed by atoms with Crippen molar-refractivity contribution in [2.45, 2.75) is 32.9 Å². The molecular weight excluding hydrogens is 434 g/mol. The molecule has 1 aromatic heterocycles. The van der Waals surface area contributed by atoms with Crippen LogP contribution in [0.5, 0.6) is 11.5 Å². The van der Waals surface area contributed by atoms with Crippen molar-refractivity contribution in [3.05, 3.63) is 88.9 Å². The third-order valence-corrected chi connectivity index (χ3v) is 5.77. The first-order valence-corrected chi connectivity index (χ1v) is 11.1. The van der Waals surface area contributed by atoms with E-state index in [2.05, 4.69) is 0 Å². The second-order valence-electron chi connectivity index (χ2n) is 8.11. The molecule has 2 heterocycles. The molecule has 0 saturated carbocycles. The van der Waals surface area contributed by atoms with Crippen LogP contribution >= 0.6 is 0 Å². The van der Waals surface area contributed by atoms with Crippen LogP contribution in [0.2, 0.25) is 0 Å². The number of benzene rings is 2. The molecule has 176 valence electrons. The van der Waals surface area contributed by atoms with Crippen LogP contribution in [0.15, 0.2) is 70.9 Å². The molecule has 1 saturated heterocycles. The first-order valence-electron chi connectivity index (χ1n) is 11.1. The number of aryl methyl sites for hydroxylation is 1. The number of methoxy groups -OCH3 is 1. The lowest BCUT2D eigenvalue weighted by Crippen LogP contribution is -2.29. The summed E-state index contributed by atoms with van der Waals surface area (Å²) in [6, 6.07) is 15.0. The highest BCUT2D eigenvalue weighted by Gasteiger charge is 2.46. The smallest absolute Gasteiger partial charge is 0.296 e. The molecule has 7 heteroatoms. The van der Waals surface area contributed by atoms with Crippen molar-refractivity contribution < 1.29 is 28.6 Å². The van der Waals surface area contributed by atoms with E-state index in [1.807, 2.05) is 13.8 Å². The number of hydrogen-bond acceptors (Lipinski definition) is 6. The van der Waals surface area contributed by atoms with Crippen LogP contribution in [0.4, 0.5) is 0 Å². The molecule has 0 bridgehead atoms. The van der Waals surface area contributed by atoms with Crippen LogP contribution in [-0.2, 0) is 16.1 Å². The molecular formula is C27H27NO6. The van der Waals surface area contributed by atoms with Gasteiger partial charge in [0.15, 0.2) is 0 Å². The van der Waals surface area contributed by atoms with Crippen molar-refractivity contribution in [1.29, 1.82) is 0 Å². The predicted octanol–water partition coefficient (Wildman–Crippen LogP) is 5.01. The van der Waals surface area contributed by atoms with Gasteiger partial charge in [0.25, 0.3) is 11.7 Å². The van der Waals surface area contributed by atoms with Gasteiger partial charge in [0.1, 0.15) is 23.0 Å². The molecule has 4 rings (SSSR count). The molecule has 0 spiro atoms. The standard InChI is InChI=1S/C27H27NO6/c1-4-12-34-22-11-10-19(14-17(22)2)25(29)23-24(18-7-5-8-20(15-18)32-3)28(27(31)26(23)30)16-21-9-6-13-33-21/h5-11,13-15,24,29H,4,12,16H2,1-3H3/b25-23-. The number of ketones is 1. The van der Waals surface area contributed by atoms with Crippen molar-refractivity contribution in [1.82, 2.24) is 4.90 Å². The molecule has 1 N–H and O–H groups in total. The van der Waals surface area contributed by atoms with Gasteiger partial charge in [-0.1, -0.05) is 19.1 Å². The number of likely N-dealkylation sites (tertiary alicyclic amines) is 1. The number of carbonyl (C=O) groups is 2. The number of furan rings is 1. The maximum Gasteiger partial charge on any atom is 0.296 e. The zero-order valence-electron chi connectivity index (χ0n) is 19.4. The summed E-state index contributed by atoms with van der Waals surface area (Å²) in [4.78, 5) is 27.7. The lowest BCUT2D eigenvalue weighted by Gasteiger charge is -2.25. The number of Topliss-reactive ketones (excluding diaryl/α,β-unsaturated/α-hetero) is 1. The Balaban J connectivity index is 1.82. The Morgan fingerprint density at radius 1 is 1.12 bits per heavy atom. The van der Waals surface area contributed by atoms with Gasteiger partial charge in [-0.25, -0.2) is 0 Å². The minimum Gasteiger partial charge on any atom is -0.507 e. The van der Waals surface area contributed by atoms with E-state index in [-0.39, 0.29) is 17.9 Å². The van der Waals surface area contributed by atoms with Gasteiger partial charge in [-0.15, -0.1) is 0 Å². The Labute approximate surface area is 198 Å². The van der Waals surface area contributed by atoms with Crippen molar-refractivity contribution in [3.63, 3.8) is 0 Å². The van der Waals surface area contributed by atoms with Crippen LogP contribution in [0.1, 0.15) is 41.8 Å². The molecule has 3 aromatic rings. The highest BCUT2D eigenvalue weighted by Crippen LogP contribution is 2.41. The van der Waals surface area contributed by atoms with Gasteiger partial charge < -0.3 is 23.9 Å². The average Bonchev–Trinajstić information content (AvgIpc) is 3.45. The Bertz CT molecular complexity index is 1230. The van der Waals surface area contributed by atoms with E-state index in [1.54, 1.807) is 61.7 Å². The molecule has 1 aliphatic rings. The van der Waals surface area contributed by atoms with Crippen molar-refractivity contribution in [3.8, 4) is 11.5 Å². The van der Waals surface area contributed by atoms with Gasteiger partial charge >= 0.3 is 0 Å². The summed E-state index contributed by atoms with van der Waals surface area (Å²) in [6.07, 6.45) is 2.39. The Hall–Kier alpha value is -4.00. The van der Waals surface area contributed by atoms with E-state index >= 15 is 0 Å². The second kappa shape index (κ2) is 9.87. The number of aliphatic hydroxyl groups excluding tert-OH is 1. The molecule has 2 aromatic carbocycles. The average molecular weight is 462 g/mol. The fraction of sp³-hybridized carbons (Fsp3) is 0.259. The molecule has 1 amide bonds. The summed E-state index contributed by atoms with van der Waals surface area (Å²) < 4.78 is 16.5. The number of amides is 1. The summed E-state index contributed by atoms with van der Waals surface area (Å²) in [5, 5.41) is 11.3. The maximum absolute atomic E-state index is 13.2. The van der Waals surface area contributed by atoms with Crippen LogP contribution in [0.3, 0.4) is 0 Å². The summed E-state index contributed by atoms with van der Waals surface area (Å²) in [7, 11) is 1.55. The zero-order chi connectivity index (χ0) is 24.2. The number of carbonyl (C=O) groups excluding carboxylic acids is 2. The lowest BCUT2D eigenvalue weighted by molar-refractivity contribution is -0.140. The highest BCUT2D eigenvalue weighted by atomic mass is 16.5. The van der Waals surface area contributed by atoms with Gasteiger partial charge in [0, 0.05) is 5.56 Å². The minimum absolute atomic E-state index is 0.0198. The predicted molar refractivity (Wildman–Crippen MR) is 127 cm³/mol. The van der Waals surface area contributed by atoms with E-state index in [4.69, 9.17) is 13.9 Å². The highest BCUT2D eigenvalue weighted by molar-refractivity contribution is 6.46. The Kier molecular flexibility index (Phi) is 6.72. The van der Waals surface area contributed by atoms with Gasteiger partial charge in [-0.05, 0) is 66.9 Å². The molecule has 1 aliphatic heterocycles. The molecule has 7 nitrogen and oxygen atoms in total. The van der Waals surface area contributed by atoms with Crippen molar-refractivity contribution in [2.75, 3.05) is 13.7 Å². The van der Waals surface area contributed by atoms with E-state index in [0.29, 0.717) is 35.0 Å². The largest absolute Gasteiger partial charge is 0.507 e. The molecule has 0 aliphatic carbocycles. The quantitative estimate of drug-likeness (QED) is 0.288. The van der Waals surface area contributed by atoms with E-state index in [9.17, 15) is 14.7 Å². The molecule has 1 unspecified atom stereocenters. The third-order valence-electron chi connectivity index (χ3n) is 5.77. The summed E-state index contributed by atoms with van der Waals surface area (Å²) in [6.45, 7) is 4.56. The number of ether oxygens (including phenoxy) is 2. The number of nitrogens with zero attached hydrogens (tertiary/aromatic N) is 1. The van der Waals surface area contributed by atoms with Gasteiger partial charge in [0.05, 0.1) is 38.1 Å². The van der Waals surface area contributed by atoms with E-state index in [1.165, 1.54) is 11.2 Å². The van der Waals surface area contributed by atoms with Gasteiger partial charge in [-0.3, -0.25) is 9.59 Å². The summed E-state index contributed by atoms with van der Waals surface area (Å²) in [5.41, 5.74) is 1.92. The summed E-state index contributed by atoms with van der Waals surface area (Å²) >= 11 is 0. The molecule has 1 atom stereocenters. The SMILES string of the molecule is CCCOc1ccc(/C(O)=C2/C(=O)C(=O)N(Cc3ccco3)C2c2cccc(OC)c2)cc1C. The van der Waals surface area contributed by atoms with Crippen LogP contribution in [0, 0.1) is 6.92 Å². The Morgan fingerprint density at radius 2 is 1.94 bits per heavy atom. The van der Waals surface area contributed by atoms with Gasteiger partial charge in [0.2, 0.25) is 0 Å². The van der Waals surface area contributed by atoms with Crippen molar-refractivity contribution >= 4 is 17.4 Å². The summed E-state index contributed by atoms with van der Waals surface area (Å²) in [5.74, 6) is 0.128. The molecule has 0 radical (unpaired) electrons. The lowest BCUT2D eigenvalue weighted by atomic mass is 9.94. The first kappa shape index (κ1) is 23.2. The third kappa shape index (κ3) is 4.41.